The van der Waals surface area contributed by atoms with Gasteiger partial charge in [-0.25, -0.2) is 4.68 Å². The van der Waals surface area contributed by atoms with Crippen LogP contribution in [0.25, 0.3) is 5.69 Å². The van der Waals surface area contributed by atoms with Gasteiger partial charge in [0.2, 0.25) is 5.91 Å². The van der Waals surface area contributed by atoms with Crippen LogP contribution in [0.5, 0.6) is 0 Å². The quantitative estimate of drug-likeness (QED) is 0.814. The number of benzene rings is 1. The Kier molecular flexibility index (Phi) is 4.25. The molecular weight excluding hydrogens is 242 g/mol. The molecule has 0 spiro atoms. The van der Waals surface area contributed by atoms with Gasteiger partial charge in [0.15, 0.2) is 0 Å². The molecule has 0 saturated carbocycles. The minimum absolute atomic E-state index is 0.0212. The van der Waals surface area contributed by atoms with Gasteiger partial charge in [-0.3, -0.25) is 4.79 Å². The summed E-state index contributed by atoms with van der Waals surface area (Å²) in [7, 11) is 0. The molecule has 0 aliphatic heterocycles. The Morgan fingerprint density at radius 2 is 2.11 bits per heavy atom. The highest BCUT2D eigenvalue weighted by Gasteiger charge is 2.04. The first-order chi connectivity index (χ1) is 9.22. The fourth-order valence-electron chi connectivity index (χ4n) is 1.65. The summed E-state index contributed by atoms with van der Waals surface area (Å²) >= 11 is 0. The molecule has 0 radical (unpaired) electrons. The lowest BCUT2D eigenvalue weighted by Gasteiger charge is -2.01. The standard InChI is InChI=1S/C13H17N5O/c1-2-10-3-5-12(6-4-10)18-9-11(16-17-18)8-15-13(19)7-14/h3-6,9H,2,7-8,14H2,1H3,(H,15,19). The molecular formula is C13H17N5O. The van der Waals surface area contributed by atoms with E-state index in [0.29, 0.717) is 12.2 Å². The third-order valence-electron chi connectivity index (χ3n) is 2.80. The van der Waals surface area contributed by atoms with Gasteiger partial charge in [-0.1, -0.05) is 24.3 Å². The topological polar surface area (TPSA) is 85.8 Å². The summed E-state index contributed by atoms with van der Waals surface area (Å²) < 4.78 is 1.68. The number of hydrogen-bond acceptors (Lipinski definition) is 4. The minimum atomic E-state index is -0.207. The predicted octanol–water partition coefficient (Wildman–Crippen LogP) is 0.405. The second kappa shape index (κ2) is 6.10. The van der Waals surface area contributed by atoms with Gasteiger partial charge in [-0.2, -0.15) is 0 Å². The summed E-state index contributed by atoms with van der Waals surface area (Å²) in [6.45, 7) is 2.43. The molecule has 19 heavy (non-hydrogen) atoms. The van der Waals surface area contributed by atoms with E-state index < -0.39 is 0 Å². The van der Waals surface area contributed by atoms with Crippen LogP contribution in [0.4, 0.5) is 0 Å². The van der Waals surface area contributed by atoms with Gasteiger partial charge in [0.05, 0.1) is 25.0 Å². The molecule has 0 fully saturated rings. The van der Waals surface area contributed by atoms with Crippen molar-refractivity contribution in [3.05, 3.63) is 41.7 Å². The van der Waals surface area contributed by atoms with Crippen molar-refractivity contribution in [3.63, 3.8) is 0 Å². The third-order valence-corrected chi connectivity index (χ3v) is 2.80. The summed E-state index contributed by atoms with van der Waals surface area (Å²) in [5.74, 6) is -0.207. The monoisotopic (exact) mass is 259 g/mol. The number of nitrogens with two attached hydrogens (primary N) is 1. The zero-order valence-corrected chi connectivity index (χ0v) is 10.8. The van der Waals surface area contributed by atoms with E-state index in [4.69, 9.17) is 5.73 Å². The zero-order chi connectivity index (χ0) is 13.7. The van der Waals surface area contributed by atoms with Crippen molar-refractivity contribution in [1.29, 1.82) is 0 Å². The number of hydrogen-bond donors (Lipinski definition) is 2. The van der Waals surface area contributed by atoms with Crippen molar-refractivity contribution in [3.8, 4) is 5.69 Å². The SMILES string of the molecule is CCc1ccc(-n2cc(CNC(=O)CN)nn2)cc1. The number of rotatable bonds is 5. The molecule has 0 unspecified atom stereocenters. The maximum Gasteiger partial charge on any atom is 0.234 e. The molecule has 100 valence electrons. The first kappa shape index (κ1) is 13.2. The Labute approximate surface area is 111 Å². The van der Waals surface area contributed by atoms with E-state index >= 15 is 0 Å². The van der Waals surface area contributed by atoms with Crippen LogP contribution in [-0.2, 0) is 17.8 Å². The summed E-state index contributed by atoms with van der Waals surface area (Å²) in [4.78, 5) is 11.0. The van der Waals surface area contributed by atoms with E-state index in [-0.39, 0.29) is 12.5 Å². The lowest BCUT2D eigenvalue weighted by Crippen LogP contribution is -2.29. The van der Waals surface area contributed by atoms with Gasteiger partial charge in [0.1, 0.15) is 5.69 Å². The predicted molar refractivity (Wildman–Crippen MR) is 71.6 cm³/mol. The minimum Gasteiger partial charge on any atom is -0.349 e. The molecule has 6 heteroatoms. The normalized spacial score (nSPS) is 10.4. The van der Waals surface area contributed by atoms with Crippen LogP contribution in [0.15, 0.2) is 30.5 Å². The second-order valence-electron chi connectivity index (χ2n) is 4.16. The molecule has 1 heterocycles. The third kappa shape index (κ3) is 3.38. The van der Waals surface area contributed by atoms with Crippen LogP contribution in [0.2, 0.25) is 0 Å². The van der Waals surface area contributed by atoms with Crippen molar-refractivity contribution in [2.45, 2.75) is 19.9 Å². The first-order valence-corrected chi connectivity index (χ1v) is 6.20. The highest BCUT2D eigenvalue weighted by molar-refractivity contribution is 5.77. The van der Waals surface area contributed by atoms with Crippen LogP contribution in [-0.4, -0.2) is 27.4 Å². The fraction of sp³-hybridized carbons (Fsp3) is 0.308. The second-order valence-corrected chi connectivity index (χ2v) is 4.16. The summed E-state index contributed by atoms with van der Waals surface area (Å²) in [6.07, 6.45) is 2.80. The summed E-state index contributed by atoms with van der Waals surface area (Å²) in [5, 5.41) is 10.7. The molecule has 1 amide bonds. The maximum absolute atomic E-state index is 11.0. The van der Waals surface area contributed by atoms with Crippen molar-refractivity contribution in [2.24, 2.45) is 5.73 Å². The van der Waals surface area contributed by atoms with E-state index in [9.17, 15) is 4.79 Å². The van der Waals surface area contributed by atoms with E-state index in [1.54, 1.807) is 10.9 Å². The zero-order valence-electron chi connectivity index (χ0n) is 10.8. The van der Waals surface area contributed by atoms with E-state index in [0.717, 1.165) is 12.1 Å². The van der Waals surface area contributed by atoms with Crippen molar-refractivity contribution >= 4 is 5.91 Å². The smallest absolute Gasteiger partial charge is 0.234 e. The van der Waals surface area contributed by atoms with Crippen LogP contribution < -0.4 is 11.1 Å². The fourth-order valence-corrected chi connectivity index (χ4v) is 1.65. The van der Waals surface area contributed by atoms with E-state index in [1.165, 1.54) is 5.56 Å². The highest BCUT2D eigenvalue weighted by Crippen LogP contribution is 2.09. The van der Waals surface area contributed by atoms with Gasteiger partial charge in [-0.15, -0.1) is 5.10 Å². The van der Waals surface area contributed by atoms with Crippen molar-refractivity contribution < 1.29 is 4.79 Å². The van der Waals surface area contributed by atoms with Gasteiger partial charge in [0.25, 0.3) is 0 Å². The van der Waals surface area contributed by atoms with Gasteiger partial charge in [0, 0.05) is 0 Å². The molecule has 2 rings (SSSR count). The lowest BCUT2D eigenvalue weighted by atomic mass is 10.1. The van der Waals surface area contributed by atoms with Gasteiger partial charge < -0.3 is 11.1 Å². The van der Waals surface area contributed by atoms with Crippen LogP contribution >= 0.6 is 0 Å². The Hall–Kier alpha value is -2.21. The molecule has 0 saturated heterocycles. The number of carbonyl (C=O) groups excluding carboxylic acids is 1. The molecule has 6 nitrogen and oxygen atoms in total. The largest absolute Gasteiger partial charge is 0.349 e. The number of aromatic nitrogens is 3. The Morgan fingerprint density at radius 3 is 2.74 bits per heavy atom. The Morgan fingerprint density at radius 1 is 1.37 bits per heavy atom. The number of nitrogens with one attached hydrogen (secondary N) is 1. The Bertz CT molecular complexity index is 546. The van der Waals surface area contributed by atoms with Crippen molar-refractivity contribution in [2.75, 3.05) is 6.54 Å². The van der Waals surface area contributed by atoms with E-state index in [2.05, 4.69) is 34.7 Å². The number of amides is 1. The Balaban J connectivity index is 2.05. The molecule has 1 aromatic carbocycles. The number of nitrogens with zero attached hydrogens (tertiary/aromatic N) is 3. The van der Waals surface area contributed by atoms with Crippen LogP contribution in [0.1, 0.15) is 18.2 Å². The maximum atomic E-state index is 11.0. The highest BCUT2D eigenvalue weighted by atomic mass is 16.1. The molecule has 1 aromatic heterocycles. The van der Waals surface area contributed by atoms with Gasteiger partial charge >= 0.3 is 0 Å². The molecule has 0 aliphatic carbocycles. The molecule has 2 aromatic rings. The first-order valence-electron chi connectivity index (χ1n) is 6.20. The molecule has 0 atom stereocenters. The summed E-state index contributed by atoms with van der Waals surface area (Å²) in [5.41, 5.74) is 8.12. The van der Waals surface area contributed by atoms with Gasteiger partial charge in [-0.05, 0) is 24.1 Å². The van der Waals surface area contributed by atoms with Crippen molar-refractivity contribution in [1.82, 2.24) is 20.3 Å². The van der Waals surface area contributed by atoms with Crippen LogP contribution in [0.3, 0.4) is 0 Å². The van der Waals surface area contributed by atoms with Crippen LogP contribution in [0, 0.1) is 0 Å². The summed E-state index contributed by atoms with van der Waals surface area (Å²) in [6, 6.07) is 8.12. The molecule has 0 aliphatic rings. The number of carbonyl (C=O) groups is 1. The number of aryl methyl sites for hydroxylation is 1. The molecule has 0 bridgehead atoms. The van der Waals surface area contributed by atoms with E-state index in [1.807, 2.05) is 12.1 Å². The lowest BCUT2D eigenvalue weighted by molar-refractivity contribution is -0.119. The average molecular weight is 259 g/mol. The molecule has 3 N–H and O–H groups in total. The average Bonchev–Trinajstić information content (AvgIpc) is 2.93.